The van der Waals surface area contributed by atoms with Gasteiger partial charge in [0.05, 0.1) is 10.5 Å². The molecule has 0 radical (unpaired) electrons. The van der Waals surface area contributed by atoms with Crippen molar-refractivity contribution in [1.29, 1.82) is 0 Å². The van der Waals surface area contributed by atoms with Gasteiger partial charge in [-0.05, 0) is 45.4 Å². The maximum Gasteiger partial charge on any atom is 0.407 e. The van der Waals surface area contributed by atoms with Crippen LogP contribution in [0.25, 0.3) is 21.8 Å². The number of ether oxygens (including phenoxy) is 2. The Kier molecular flexibility index (Phi) is 6.86. The van der Waals surface area contributed by atoms with Gasteiger partial charge in [-0.25, -0.2) is 18.0 Å². The van der Waals surface area contributed by atoms with Crippen LogP contribution in [0.3, 0.4) is 0 Å². The fraction of sp³-hybridized carbons (Fsp3) is 0.417. The molecule has 0 saturated carbocycles. The number of alkyl carbamates (subject to hydrolysis) is 1. The molecule has 4 rings (SSSR count). The van der Waals surface area contributed by atoms with E-state index in [0.717, 1.165) is 0 Å². The first kappa shape index (κ1) is 26.4. The summed E-state index contributed by atoms with van der Waals surface area (Å²) in [6.45, 7) is 6.98. The number of hydrogen-bond acceptors (Lipinski definition) is 8. The van der Waals surface area contributed by atoms with Crippen molar-refractivity contribution in [3.8, 4) is 0 Å². The maximum atomic E-state index is 13.4. The van der Waals surface area contributed by atoms with E-state index in [1.165, 1.54) is 35.6 Å². The largest absolute Gasteiger partial charge is 0.444 e. The second kappa shape index (κ2) is 9.63. The lowest BCUT2D eigenvalue weighted by molar-refractivity contribution is -0.137. The molecule has 1 aromatic carbocycles. The summed E-state index contributed by atoms with van der Waals surface area (Å²) in [5.74, 6) is -1.69. The standard InChI is InChI=1S/C24H28N4O8S/c1-5-18(29)35-22(31)16-11-25-20-19(16)15-10-14(6-7-17(15)27-21(20)30)37(33,34)28-9-8-13(12-28)26-23(32)36-24(2,3)4/h6-7,10-11,13,25H,5,8-9,12H2,1-4H3,(H,26,32)(H,27,30)/t13-/m0/s1. The first-order valence-electron chi connectivity index (χ1n) is 11.7. The van der Waals surface area contributed by atoms with Crippen LogP contribution in [0.1, 0.15) is 50.9 Å². The Morgan fingerprint density at radius 1 is 1.22 bits per heavy atom. The van der Waals surface area contributed by atoms with Crippen LogP contribution in [0.5, 0.6) is 0 Å². The van der Waals surface area contributed by atoms with Crippen LogP contribution in [0, 0.1) is 0 Å². The predicted molar refractivity (Wildman–Crippen MR) is 134 cm³/mol. The molecular weight excluding hydrogens is 504 g/mol. The third-order valence-corrected chi connectivity index (χ3v) is 7.70. The Balaban J connectivity index is 1.67. The molecule has 0 aliphatic carbocycles. The molecule has 1 fully saturated rings. The Bertz CT molecular complexity index is 1570. The first-order chi connectivity index (χ1) is 17.3. The molecule has 1 aliphatic heterocycles. The van der Waals surface area contributed by atoms with Gasteiger partial charge in [-0.1, -0.05) is 6.92 Å². The van der Waals surface area contributed by atoms with Crippen LogP contribution in [-0.2, 0) is 24.3 Å². The van der Waals surface area contributed by atoms with Crippen LogP contribution in [0.15, 0.2) is 34.1 Å². The monoisotopic (exact) mass is 532 g/mol. The number of aromatic amines is 2. The van der Waals surface area contributed by atoms with Crippen molar-refractivity contribution < 1.29 is 32.3 Å². The highest BCUT2D eigenvalue weighted by Gasteiger charge is 2.34. The highest BCUT2D eigenvalue weighted by Crippen LogP contribution is 2.29. The lowest BCUT2D eigenvalue weighted by atomic mass is 10.1. The second-order valence-corrected chi connectivity index (χ2v) is 11.7. The van der Waals surface area contributed by atoms with Gasteiger partial charge in [0, 0.05) is 48.0 Å². The topological polar surface area (TPSA) is 168 Å². The van der Waals surface area contributed by atoms with Gasteiger partial charge in [0.25, 0.3) is 5.56 Å². The van der Waals surface area contributed by atoms with Gasteiger partial charge in [0.15, 0.2) is 0 Å². The van der Waals surface area contributed by atoms with Gasteiger partial charge in [0.1, 0.15) is 11.1 Å². The summed E-state index contributed by atoms with van der Waals surface area (Å²) in [7, 11) is -3.98. The van der Waals surface area contributed by atoms with Gasteiger partial charge < -0.3 is 24.8 Å². The summed E-state index contributed by atoms with van der Waals surface area (Å²) in [5.41, 5.74) is -0.919. The number of nitrogens with zero attached hydrogens (tertiary/aromatic N) is 1. The van der Waals surface area contributed by atoms with E-state index in [1.807, 2.05) is 0 Å². The average Bonchev–Trinajstić information content (AvgIpc) is 3.46. The SMILES string of the molecule is CCC(=O)OC(=O)c1c[nH]c2c(=O)[nH]c3ccc(S(=O)(=O)N4CC[C@H](NC(=O)OC(C)(C)C)C4)cc3c12. The number of H-pyrrole nitrogens is 2. The minimum atomic E-state index is -3.98. The number of benzene rings is 1. The molecule has 3 aromatic rings. The molecular formula is C24H28N4O8S. The van der Waals surface area contributed by atoms with E-state index in [4.69, 9.17) is 9.47 Å². The average molecular weight is 533 g/mol. The third-order valence-electron chi connectivity index (χ3n) is 5.84. The van der Waals surface area contributed by atoms with Gasteiger partial charge in [-0.3, -0.25) is 9.59 Å². The number of pyridine rings is 1. The van der Waals surface area contributed by atoms with Crippen LogP contribution in [0.4, 0.5) is 4.79 Å². The molecule has 37 heavy (non-hydrogen) atoms. The third kappa shape index (κ3) is 5.37. The van der Waals surface area contributed by atoms with Crippen molar-refractivity contribution in [2.45, 2.75) is 57.1 Å². The quantitative estimate of drug-likeness (QED) is 0.332. The summed E-state index contributed by atoms with van der Waals surface area (Å²) in [5, 5.41) is 3.13. The van der Waals surface area contributed by atoms with Crippen LogP contribution >= 0.6 is 0 Å². The van der Waals surface area contributed by atoms with E-state index in [0.29, 0.717) is 11.9 Å². The Hall–Kier alpha value is -3.71. The molecule has 3 N–H and O–H groups in total. The summed E-state index contributed by atoms with van der Waals surface area (Å²) in [4.78, 5) is 54.2. The molecule has 1 aliphatic rings. The van der Waals surface area contributed by atoms with E-state index < -0.39 is 45.3 Å². The summed E-state index contributed by atoms with van der Waals surface area (Å²) < 4.78 is 38.2. The molecule has 1 saturated heterocycles. The zero-order valence-electron chi connectivity index (χ0n) is 20.8. The molecule has 13 heteroatoms. The number of carbonyl (C=O) groups is 3. The lowest BCUT2D eigenvalue weighted by Gasteiger charge is -2.22. The number of carbonyl (C=O) groups excluding carboxylic acids is 3. The smallest absolute Gasteiger partial charge is 0.407 e. The highest BCUT2D eigenvalue weighted by atomic mass is 32.2. The van der Waals surface area contributed by atoms with Crippen molar-refractivity contribution in [3.63, 3.8) is 0 Å². The van der Waals surface area contributed by atoms with Gasteiger partial charge in [-0.2, -0.15) is 4.31 Å². The van der Waals surface area contributed by atoms with Crippen LogP contribution in [0.2, 0.25) is 0 Å². The number of aromatic nitrogens is 2. The van der Waals surface area contributed by atoms with Gasteiger partial charge in [0.2, 0.25) is 10.0 Å². The number of amides is 1. The number of hydrogen-bond donors (Lipinski definition) is 3. The molecule has 1 amide bonds. The molecule has 198 valence electrons. The minimum Gasteiger partial charge on any atom is -0.444 e. The van der Waals surface area contributed by atoms with Crippen molar-refractivity contribution in [1.82, 2.24) is 19.6 Å². The maximum absolute atomic E-state index is 13.4. The van der Waals surface area contributed by atoms with E-state index in [2.05, 4.69) is 15.3 Å². The van der Waals surface area contributed by atoms with E-state index in [9.17, 15) is 27.6 Å². The Morgan fingerprint density at radius 3 is 2.62 bits per heavy atom. The van der Waals surface area contributed by atoms with Crippen molar-refractivity contribution in [2.75, 3.05) is 13.1 Å². The number of nitrogens with one attached hydrogen (secondary N) is 3. The number of esters is 2. The lowest BCUT2D eigenvalue weighted by Crippen LogP contribution is -2.41. The van der Waals surface area contributed by atoms with Crippen LogP contribution < -0.4 is 10.9 Å². The van der Waals surface area contributed by atoms with Gasteiger partial charge >= 0.3 is 18.0 Å². The van der Waals surface area contributed by atoms with E-state index in [1.54, 1.807) is 20.8 Å². The molecule has 0 bridgehead atoms. The first-order valence-corrected chi connectivity index (χ1v) is 13.2. The van der Waals surface area contributed by atoms with Crippen molar-refractivity contribution in [2.24, 2.45) is 0 Å². The number of rotatable bonds is 5. The Labute approximate surface area is 212 Å². The molecule has 2 aromatic heterocycles. The second-order valence-electron chi connectivity index (χ2n) is 9.72. The zero-order chi connectivity index (χ0) is 27.1. The summed E-state index contributed by atoms with van der Waals surface area (Å²) in [6, 6.07) is 3.74. The normalized spacial score (nSPS) is 16.7. The van der Waals surface area contributed by atoms with Crippen molar-refractivity contribution >= 4 is 49.9 Å². The number of sulfonamides is 1. The predicted octanol–water partition coefficient (Wildman–Crippen LogP) is 2.39. The molecule has 0 spiro atoms. The molecule has 3 heterocycles. The van der Waals surface area contributed by atoms with E-state index in [-0.39, 0.29) is 46.3 Å². The van der Waals surface area contributed by atoms with Gasteiger partial charge in [-0.15, -0.1) is 0 Å². The molecule has 1 atom stereocenters. The fourth-order valence-corrected chi connectivity index (χ4v) is 5.67. The van der Waals surface area contributed by atoms with Crippen molar-refractivity contribution in [3.05, 3.63) is 40.3 Å². The zero-order valence-corrected chi connectivity index (χ0v) is 21.7. The number of fused-ring (bicyclic) bond motifs is 3. The fourth-order valence-electron chi connectivity index (χ4n) is 4.15. The molecule has 12 nitrogen and oxygen atoms in total. The summed E-state index contributed by atoms with van der Waals surface area (Å²) in [6.07, 6.45) is 1.02. The molecule has 0 unspecified atom stereocenters. The van der Waals surface area contributed by atoms with E-state index >= 15 is 0 Å². The Morgan fingerprint density at radius 2 is 1.95 bits per heavy atom. The van der Waals surface area contributed by atoms with Crippen LogP contribution in [-0.4, -0.2) is 65.5 Å². The summed E-state index contributed by atoms with van der Waals surface area (Å²) >= 11 is 0. The minimum absolute atomic E-state index is 0.0164. The highest BCUT2D eigenvalue weighted by molar-refractivity contribution is 7.89.